The van der Waals surface area contributed by atoms with Gasteiger partial charge in [-0.15, -0.1) is 0 Å². The minimum Gasteiger partial charge on any atom is -0.494 e. The fraction of sp³-hybridized carbons (Fsp3) is 0.286. The number of rotatable bonds is 2. The molecular formula is C14H16N4O. The molecule has 0 atom stereocenters. The summed E-state index contributed by atoms with van der Waals surface area (Å²) in [6, 6.07) is 2.03. The number of hydrogen-bond acceptors (Lipinski definition) is 3. The summed E-state index contributed by atoms with van der Waals surface area (Å²) in [5.74, 6) is 0.833. The zero-order chi connectivity index (χ0) is 13.6. The summed E-state index contributed by atoms with van der Waals surface area (Å²) in [4.78, 5) is 0. The number of pyridine rings is 1. The summed E-state index contributed by atoms with van der Waals surface area (Å²) < 4.78 is 9.17. The van der Waals surface area contributed by atoms with Gasteiger partial charge < -0.3 is 4.74 Å². The molecule has 0 N–H and O–H groups in total. The minimum atomic E-state index is 0.833. The molecule has 3 rings (SSSR count). The number of ether oxygens (including phenoxy) is 1. The molecule has 0 bridgehead atoms. The van der Waals surface area contributed by atoms with Crippen LogP contribution in [-0.4, -0.2) is 26.5 Å². The van der Waals surface area contributed by atoms with E-state index in [1.165, 1.54) is 0 Å². The molecule has 0 aromatic carbocycles. The fourth-order valence-corrected chi connectivity index (χ4v) is 2.28. The average Bonchev–Trinajstić information content (AvgIpc) is 2.94. The summed E-state index contributed by atoms with van der Waals surface area (Å²) in [7, 11) is 3.59. The first-order chi connectivity index (χ1) is 9.10. The van der Waals surface area contributed by atoms with Crippen LogP contribution < -0.4 is 4.74 Å². The number of methoxy groups -OCH3 is 1. The molecule has 5 nitrogen and oxygen atoms in total. The zero-order valence-corrected chi connectivity index (χ0v) is 11.5. The summed E-state index contributed by atoms with van der Waals surface area (Å²) in [5.41, 5.74) is 5.28. The van der Waals surface area contributed by atoms with E-state index in [0.29, 0.717) is 0 Å². The van der Waals surface area contributed by atoms with Crippen LogP contribution in [0.5, 0.6) is 5.75 Å². The molecule has 0 aliphatic heterocycles. The Hall–Kier alpha value is -2.30. The van der Waals surface area contributed by atoms with Crippen LogP contribution in [0.4, 0.5) is 0 Å². The lowest BCUT2D eigenvalue weighted by Crippen LogP contribution is -1.93. The minimum absolute atomic E-state index is 0.833. The van der Waals surface area contributed by atoms with Gasteiger partial charge in [0, 0.05) is 36.1 Å². The average molecular weight is 256 g/mol. The quantitative estimate of drug-likeness (QED) is 0.707. The molecule has 0 amide bonds. The number of aromatic nitrogens is 4. The van der Waals surface area contributed by atoms with Crippen LogP contribution in [0.15, 0.2) is 24.7 Å². The van der Waals surface area contributed by atoms with E-state index in [0.717, 1.165) is 33.7 Å². The van der Waals surface area contributed by atoms with Crippen molar-refractivity contribution in [2.24, 2.45) is 7.05 Å². The topological polar surface area (TPSA) is 44.4 Å². The second-order valence-electron chi connectivity index (χ2n) is 4.70. The molecule has 5 heteroatoms. The summed E-state index contributed by atoms with van der Waals surface area (Å²) in [6.45, 7) is 4.06. The molecule has 3 heterocycles. The van der Waals surface area contributed by atoms with Crippen molar-refractivity contribution < 1.29 is 4.74 Å². The van der Waals surface area contributed by atoms with Crippen LogP contribution in [0.25, 0.3) is 16.6 Å². The third-order valence-electron chi connectivity index (χ3n) is 3.42. The van der Waals surface area contributed by atoms with Crippen molar-refractivity contribution in [3.63, 3.8) is 0 Å². The van der Waals surface area contributed by atoms with Gasteiger partial charge in [0.15, 0.2) is 0 Å². The first kappa shape index (κ1) is 11.8. The van der Waals surface area contributed by atoms with Crippen LogP contribution in [0.3, 0.4) is 0 Å². The van der Waals surface area contributed by atoms with Gasteiger partial charge in [0.2, 0.25) is 0 Å². The Bertz CT molecular complexity index is 754. The Kier molecular flexibility index (Phi) is 2.55. The highest BCUT2D eigenvalue weighted by Crippen LogP contribution is 2.30. The van der Waals surface area contributed by atoms with Gasteiger partial charge in [-0.3, -0.25) is 4.68 Å². The fourth-order valence-electron chi connectivity index (χ4n) is 2.28. The highest BCUT2D eigenvalue weighted by Gasteiger charge is 2.13. The van der Waals surface area contributed by atoms with Crippen LogP contribution in [0.2, 0.25) is 0 Å². The van der Waals surface area contributed by atoms with Crippen molar-refractivity contribution in [2.45, 2.75) is 13.8 Å². The third kappa shape index (κ3) is 1.78. The maximum Gasteiger partial charge on any atom is 0.145 e. The van der Waals surface area contributed by atoms with E-state index in [-0.39, 0.29) is 0 Å². The van der Waals surface area contributed by atoms with E-state index in [9.17, 15) is 0 Å². The van der Waals surface area contributed by atoms with E-state index in [1.807, 2.05) is 43.1 Å². The molecule has 0 saturated heterocycles. The van der Waals surface area contributed by atoms with Crippen molar-refractivity contribution in [3.05, 3.63) is 35.9 Å². The molecule has 98 valence electrons. The van der Waals surface area contributed by atoms with Crippen LogP contribution in [-0.2, 0) is 7.05 Å². The van der Waals surface area contributed by atoms with Gasteiger partial charge >= 0.3 is 0 Å². The highest BCUT2D eigenvalue weighted by molar-refractivity contribution is 5.73. The SMILES string of the molecule is COc1cc(-c2cnn(C)c2)cn2nc(C)c(C)c12. The van der Waals surface area contributed by atoms with Crippen molar-refractivity contribution in [1.29, 1.82) is 0 Å². The van der Waals surface area contributed by atoms with Gasteiger partial charge in [-0.25, -0.2) is 4.52 Å². The maximum atomic E-state index is 5.50. The van der Waals surface area contributed by atoms with Gasteiger partial charge in [-0.2, -0.15) is 10.2 Å². The van der Waals surface area contributed by atoms with Crippen LogP contribution in [0, 0.1) is 13.8 Å². The normalized spacial score (nSPS) is 11.2. The molecule has 3 aromatic heterocycles. The van der Waals surface area contributed by atoms with E-state index in [4.69, 9.17) is 4.74 Å². The molecule has 19 heavy (non-hydrogen) atoms. The van der Waals surface area contributed by atoms with Gasteiger partial charge in [0.05, 0.1) is 19.0 Å². The van der Waals surface area contributed by atoms with E-state index >= 15 is 0 Å². The predicted molar refractivity (Wildman–Crippen MR) is 73.4 cm³/mol. The number of hydrogen-bond donors (Lipinski definition) is 0. The molecule has 0 unspecified atom stereocenters. The third-order valence-corrected chi connectivity index (χ3v) is 3.42. The lowest BCUT2D eigenvalue weighted by molar-refractivity contribution is 0.417. The maximum absolute atomic E-state index is 5.50. The standard InChI is InChI=1S/C14H16N4O/c1-9-10(2)16-18-8-11(5-13(19-4)14(9)18)12-6-15-17(3)7-12/h5-8H,1-4H3. The zero-order valence-electron chi connectivity index (χ0n) is 11.5. The molecule has 0 aliphatic carbocycles. The molecular weight excluding hydrogens is 240 g/mol. The molecule has 0 radical (unpaired) electrons. The number of nitrogens with zero attached hydrogens (tertiary/aromatic N) is 4. The molecule has 3 aromatic rings. The second-order valence-corrected chi connectivity index (χ2v) is 4.70. The summed E-state index contributed by atoms with van der Waals surface area (Å²) in [6.07, 6.45) is 5.82. The Morgan fingerprint density at radius 2 is 1.95 bits per heavy atom. The van der Waals surface area contributed by atoms with Gasteiger partial charge in [0.1, 0.15) is 11.3 Å². The van der Waals surface area contributed by atoms with Crippen molar-refractivity contribution in [3.8, 4) is 16.9 Å². The highest BCUT2D eigenvalue weighted by atomic mass is 16.5. The lowest BCUT2D eigenvalue weighted by atomic mass is 10.1. The van der Waals surface area contributed by atoms with Crippen molar-refractivity contribution in [2.75, 3.05) is 7.11 Å². The molecule has 0 aliphatic rings. The van der Waals surface area contributed by atoms with Crippen molar-refractivity contribution >= 4 is 5.52 Å². The van der Waals surface area contributed by atoms with Gasteiger partial charge in [-0.05, 0) is 19.9 Å². The Balaban J connectivity index is 2.28. The van der Waals surface area contributed by atoms with E-state index in [1.54, 1.807) is 11.8 Å². The lowest BCUT2D eigenvalue weighted by Gasteiger charge is -2.06. The second kappa shape index (κ2) is 4.12. The molecule has 0 fully saturated rings. The Morgan fingerprint density at radius 1 is 1.16 bits per heavy atom. The summed E-state index contributed by atoms with van der Waals surface area (Å²) >= 11 is 0. The summed E-state index contributed by atoms with van der Waals surface area (Å²) in [5, 5.41) is 8.72. The largest absolute Gasteiger partial charge is 0.494 e. The smallest absolute Gasteiger partial charge is 0.145 e. The van der Waals surface area contributed by atoms with E-state index < -0.39 is 0 Å². The Labute approximate surface area is 111 Å². The number of fused-ring (bicyclic) bond motifs is 1. The van der Waals surface area contributed by atoms with Crippen LogP contribution in [0.1, 0.15) is 11.3 Å². The first-order valence-electron chi connectivity index (χ1n) is 6.12. The monoisotopic (exact) mass is 256 g/mol. The Morgan fingerprint density at radius 3 is 2.58 bits per heavy atom. The van der Waals surface area contributed by atoms with Crippen molar-refractivity contribution in [1.82, 2.24) is 19.4 Å². The number of aryl methyl sites for hydroxylation is 3. The molecule has 0 spiro atoms. The van der Waals surface area contributed by atoms with Gasteiger partial charge in [-0.1, -0.05) is 0 Å². The van der Waals surface area contributed by atoms with Crippen LogP contribution >= 0.6 is 0 Å². The molecule has 0 saturated carbocycles. The first-order valence-corrected chi connectivity index (χ1v) is 6.12. The van der Waals surface area contributed by atoms with Gasteiger partial charge in [0.25, 0.3) is 0 Å². The van der Waals surface area contributed by atoms with E-state index in [2.05, 4.69) is 17.1 Å². The predicted octanol–water partition coefficient (Wildman–Crippen LogP) is 2.36.